The predicted molar refractivity (Wildman–Crippen MR) is 98.4 cm³/mol. The van der Waals surface area contributed by atoms with E-state index < -0.39 is 11.9 Å². The van der Waals surface area contributed by atoms with Gasteiger partial charge in [-0.15, -0.1) is 9.89 Å². The van der Waals surface area contributed by atoms with Gasteiger partial charge in [0.1, 0.15) is 6.33 Å². The molecule has 0 saturated carbocycles. The number of anilines is 1. The maximum Gasteiger partial charge on any atom is 0.361 e. The Bertz CT molecular complexity index is 1180. The SMILES string of the molecule is COC(=O)c1nnn(N2CN=C3c4ccccc4-n4cncc4N32)c1C(=O)OC. The number of methoxy groups -OCH3 is 2. The minimum atomic E-state index is -0.800. The minimum absolute atomic E-state index is 0.128. The van der Waals surface area contributed by atoms with Crippen LogP contribution >= 0.6 is 0 Å². The number of para-hydroxylation sites is 1. The second-order valence-corrected chi connectivity index (χ2v) is 6.11. The molecule has 2 aliphatic heterocycles. The molecular weight excluding hydrogens is 380 g/mol. The van der Waals surface area contributed by atoms with E-state index in [4.69, 9.17) is 9.47 Å². The first-order chi connectivity index (χ1) is 14.2. The Morgan fingerprint density at radius 2 is 1.90 bits per heavy atom. The molecule has 12 heteroatoms. The minimum Gasteiger partial charge on any atom is -0.464 e. The number of aromatic nitrogens is 5. The fourth-order valence-electron chi connectivity index (χ4n) is 3.39. The molecular formula is C17H14N8O4. The van der Waals surface area contributed by atoms with Crippen molar-refractivity contribution in [2.24, 2.45) is 4.99 Å². The molecule has 29 heavy (non-hydrogen) atoms. The third kappa shape index (κ3) is 2.25. The highest BCUT2D eigenvalue weighted by Gasteiger charge is 2.40. The van der Waals surface area contributed by atoms with Crippen LogP contribution in [0, 0.1) is 0 Å². The number of amidine groups is 1. The van der Waals surface area contributed by atoms with Gasteiger partial charge in [0.25, 0.3) is 0 Å². The van der Waals surface area contributed by atoms with Crippen molar-refractivity contribution >= 4 is 23.6 Å². The molecule has 1 aromatic carbocycles. The lowest BCUT2D eigenvalue weighted by atomic mass is 10.1. The lowest BCUT2D eigenvalue weighted by Gasteiger charge is -2.34. The summed E-state index contributed by atoms with van der Waals surface area (Å²) in [6, 6.07) is 7.75. The monoisotopic (exact) mass is 394 g/mol. The molecule has 2 aliphatic rings. The molecule has 0 unspecified atom stereocenters. The molecule has 0 radical (unpaired) electrons. The van der Waals surface area contributed by atoms with Crippen molar-refractivity contribution in [1.82, 2.24) is 24.7 Å². The highest BCUT2D eigenvalue weighted by atomic mass is 16.5. The molecule has 12 nitrogen and oxygen atoms in total. The van der Waals surface area contributed by atoms with Crippen molar-refractivity contribution in [3.63, 3.8) is 0 Å². The van der Waals surface area contributed by atoms with Crippen molar-refractivity contribution in [2.45, 2.75) is 0 Å². The molecule has 3 aromatic rings. The first-order valence-electron chi connectivity index (χ1n) is 8.52. The normalized spacial score (nSPS) is 14.1. The third-order valence-electron chi connectivity index (χ3n) is 4.65. The van der Waals surface area contributed by atoms with Crippen LogP contribution in [0.5, 0.6) is 0 Å². The molecule has 0 aliphatic carbocycles. The van der Waals surface area contributed by atoms with Crippen LogP contribution in [0.4, 0.5) is 5.82 Å². The van der Waals surface area contributed by atoms with E-state index in [1.807, 2.05) is 28.8 Å². The summed E-state index contributed by atoms with van der Waals surface area (Å²) < 4.78 is 11.4. The summed E-state index contributed by atoms with van der Waals surface area (Å²) in [6.45, 7) is 0.128. The Morgan fingerprint density at radius 1 is 1.10 bits per heavy atom. The van der Waals surface area contributed by atoms with E-state index in [9.17, 15) is 9.59 Å². The van der Waals surface area contributed by atoms with Gasteiger partial charge < -0.3 is 9.47 Å². The molecule has 2 aromatic heterocycles. The van der Waals surface area contributed by atoms with E-state index in [1.165, 1.54) is 19.0 Å². The molecule has 4 heterocycles. The molecule has 5 rings (SSSR count). The quantitative estimate of drug-likeness (QED) is 0.571. The largest absolute Gasteiger partial charge is 0.464 e. The average molecular weight is 394 g/mol. The summed E-state index contributed by atoms with van der Waals surface area (Å²) in [6.07, 6.45) is 3.35. The Labute approximate surface area is 163 Å². The van der Waals surface area contributed by atoms with E-state index in [0.717, 1.165) is 11.3 Å². The van der Waals surface area contributed by atoms with Crippen LogP contribution in [-0.4, -0.2) is 63.3 Å². The number of benzene rings is 1. The molecule has 0 bridgehead atoms. The maximum atomic E-state index is 12.4. The number of rotatable bonds is 3. The van der Waals surface area contributed by atoms with Gasteiger partial charge in [-0.05, 0) is 17.3 Å². The van der Waals surface area contributed by atoms with Gasteiger partial charge in [-0.3, -0.25) is 4.57 Å². The molecule has 0 N–H and O–H groups in total. The van der Waals surface area contributed by atoms with Crippen LogP contribution in [0.2, 0.25) is 0 Å². The Balaban J connectivity index is 1.66. The number of aliphatic imine (C=N–C) groups is 1. The molecule has 0 saturated heterocycles. The smallest absolute Gasteiger partial charge is 0.361 e. The van der Waals surface area contributed by atoms with Crippen LogP contribution in [0.1, 0.15) is 26.5 Å². The predicted octanol–water partition coefficient (Wildman–Crippen LogP) is 0.128. The van der Waals surface area contributed by atoms with E-state index in [0.29, 0.717) is 11.7 Å². The number of hydrazine groups is 1. The van der Waals surface area contributed by atoms with Crippen LogP contribution < -0.4 is 10.1 Å². The molecule has 0 fully saturated rings. The lowest BCUT2D eigenvalue weighted by Crippen LogP contribution is -2.52. The molecule has 146 valence electrons. The van der Waals surface area contributed by atoms with Gasteiger partial charge in [-0.2, -0.15) is 10.1 Å². The maximum absolute atomic E-state index is 12.4. The van der Waals surface area contributed by atoms with Crippen LogP contribution in [0.3, 0.4) is 0 Å². The van der Waals surface area contributed by atoms with Crippen molar-refractivity contribution in [3.8, 4) is 5.69 Å². The number of carbonyl (C=O) groups excluding carboxylic acids is 2. The average Bonchev–Trinajstić information content (AvgIpc) is 3.49. The van der Waals surface area contributed by atoms with E-state index >= 15 is 0 Å². The second kappa shape index (κ2) is 6.15. The summed E-state index contributed by atoms with van der Waals surface area (Å²) in [4.78, 5) is 34.5. The summed E-state index contributed by atoms with van der Waals surface area (Å²) in [5.41, 5.74) is 1.40. The van der Waals surface area contributed by atoms with E-state index in [-0.39, 0.29) is 18.1 Å². The van der Waals surface area contributed by atoms with E-state index in [2.05, 4.69) is 20.3 Å². The number of hydrogen-bond donors (Lipinski definition) is 0. The number of esters is 2. The first kappa shape index (κ1) is 16.9. The Kier molecular flexibility index (Phi) is 3.59. The zero-order chi connectivity index (χ0) is 20.1. The van der Waals surface area contributed by atoms with Crippen molar-refractivity contribution < 1.29 is 19.1 Å². The van der Waals surface area contributed by atoms with E-state index in [1.54, 1.807) is 22.7 Å². The molecule has 0 atom stereocenters. The Morgan fingerprint density at radius 3 is 2.69 bits per heavy atom. The standard InChI is InChI=1S/C17H14N8O4/c1-28-16(26)13-14(17(27)29-2)25(21-20-13)23-9-19-15-10-5-3-4-6-11(10)22-8-18-7-12(22)24(15)23/h3-8H,9H2,1-2H3. The molecule has 0 spiro atoms. The first-order valence-corrected chi connectivity index (χ1v) is 8.52. The topological polar surface area (TPSA) is 120 Å². The van der Waals surface area contributed by atoms with Gasteiger partial charge in [-0.25, -0.2) is 19.6 Å². The number of carbonyl (C=O) groups is 2. The van der Waals surface area contributed by atoms with Crippen molar-refractivity contribution in [1.29, 1.82) is 0 Å². The third-order valence-corrected chi connectivity index (χ3v) is 4.65. The second-order valence-electron chi connectivity index (χ2n) is 6.11. The zero-order valence-corrected chi connectivity index (χ0v) is 15.4. The van der Waals surface area contributed by atoms with Gasteiger partial charge in [0.2, 0.25) is 11.4 Å². The fraction of sp³-hybridized carbons (Fsp3) is 0.176. The van der Waals surface area contributed by atoms with Crippen LogP contribution in [0.15, 0.2) is 41.8 Å². The lowest BCUT2D eigenvalue weighted by molar-refractivity contribution is 0.0543. The summed E-state index contributed by atoms with van der Waals surface area (Å²) >= 11 is 0. The Hall–Kier alpha value is -4.22. The summed E-state index contributed by atoms with van der Waals surface area (Å²) in [5, 5.41) is 11.1. The van der Waals surface area contributed by atoms with Crippen LogP contribution in [-0.2, 0) is 9.47 Å². The van der Waals surface area contributed by atoms with Crippen LogP contribution in [0.25, 0.3) is 5.69 Å². The molecule has 0 amide bonds. The number of nitrogens with zero attached hydrogens (tertiary/aromatic N) is 8. The van der Waals surface area contributed by atoms with Gasteiger partial charge >= 0.3 is 11.9 Å². The number of ether oxygens (including phenoxy) is 2. The van der Waals surface area contributed by atoms with Gasteiger partial charge in [0.05, 0.1) is 26.1 Å². The van der Waals surface area contributed by atoms with Gasteiger partial charge in [-0.1, -0.05) is 12.1 Å². The fourth-order valence-corrected chi connectivity index (χ4v) is 3.39. The van der Waals surface area contributed by atoms with Crippen molar-refractivity contribution in [2.75, 3.05) is 31.0 Å². The highest BCUT2D eigenvalue weighted by Crippen LogP contribution is 2.33. The highest BCUT2D eigenvalue weighted by molar-refractivity contribution is 6.15. The summed E-state index contributed by atoms with van der Waals surface area (Å²) in [7, 11) is 2.40. The zero-order valence-electron chi connectivity index (χ0n) is 15.4. The number of imidazole rings is 1. The van der Waals surface area contributed by atoms with Crippen molar-refractivity contribution in [3.05, 3.63) is 53.7 Å². The van der Waals surface area contributed by atoms with Gasteiger partial charge in [0, 0.05) is 5.56 Å². The number of fused-ring (bicyclic) bond motifs is 6. The summed E-state index contributed by atoms with van der Waals surface area (Å²) in [5.74, 6) is -0.244. The number of hydrogen-bond acceptors (Lipinski definition) is 10. The van der Waals surface area contributed by atoms with Gasteiger partial charge in [0.15, 0.2) is 18.3 Å².